The van der Waals surface area contributed by atoms with Crippen LogP contribution in [0.25, 0.3) is 0 Å². The second-order valence-electron chi connectivity index (χ2n) is 5.87. The number of rotatable bonds is 3. The van der Waals surface area contributed by atoms with Gasteiger partial charge in [0.05, 0.1) is 0 Å². The Bertz CT molecular complexity index is 473. The zero-order chi connectivity index (χ0) is 14.7. The van der Waals surface area contributed by atoms with Crippen LogP contribution in [-0.4, -0.2) is 25.8 Å². The van der Waals surface area contributed by atoms with Crippen molar-refractivity contribution < 1.29 is 8.42 Å². The first-order chi connectivity index (χ1) is 8.73. The number of hydrogen-bond donors (Lipinski definition) is 0. The third kappa shape index (κ3) is 4.01. The lowest BCUT2D eigenvalue weighted by Crippen LogP contribution is -2.41. The minimum Gasteiger partial charge on any atom is -0.206 e. The largest absolute Gasteiger partial charge is 0.249 e. The van der Waals surface area contributed by atoms with Gasteiger partial charge in [0.15, 0.2) is 0 Å². The molecule has 1 rings (SSSR count). The van der Waals surface area contributed by atoms with Gasteiger partial charge in [-0.25, -0.2) is 8.42 Å². The number of nitrogens with zero attached hydrogens (tertiary/aromatic N) is 1. The fourth-order valence-corrected chi connectivity index (χ4v) is 4.77. The zero-order valence-electron chi connectivity index (χ0n) is 12.1. The highest BCUT2D eigenvalue weighted by atomic mass is 32.3. The molecule has 0 saturated carbocycles. The molecule has 0 aromatic carbocycles. The summed E-state index contributed by atoms with van der Waals surface area (Å²) in [6, 6.07) is 0. The Labute approximate surface area is 121 Å². The number of hydrogen-bond acceptors (Lipinski definition) is 3. The summed E-state index contributed by atoms with van der Waals surface area (Å²) in [5.74, 6) is 0.577. The van der Waals surface area contributed by atoms with Crippen LogP contribution in [0.1, 0.15) is 40.5 Å². The SMILES string of the molecule is C#CS/C(=C\C)S(=O)(=O)N1CCC(C(C)(C)C)CC1. The van der Waals surface area contributed by atoms with Crippen LogP contribution in [0.4, 0.5) is 0 Å². The van der Waals surface area contributed by atoms with Crippen molar-refractivity contribution >= 4 is 21.8 Å². The summed E-state index contributed by atoms with van der Waals surface area (Å²) in [5.41, 5.74) is 0.243. The molecule has 5 heteroatoms. The Hall–Kier alpha value is -0.440. The molecule has 0 spiro atoms. The van der Waals surface area contributed by atoms with Gasteiger partial charge in [-0.15, -0.1) is 6.42 Å². The highest BCUT2D eigenvalue weighted by Crippen LogP contribution is 2.36. The van der Waals surface area contributed by atoms with Crippen molar-refractivity contribution in [2.24, 2.45) is 11.3 Å². The average molecular weight is 301 g/mol. The molecule has 0 amide bonds. The Kier molecular flexibility index (Phi) is 5.54. The maximum Gasteiger partial charge on any atom is 0.249 e. The molecule has 1 fully saturated rings. The minimum atomic E-state index is -3.39. The van der Waals surface area contributed by atoms with Crippen molar-refractivity contribution in [2.75, 3.05) is 13.1 Å². The Balaban J connectivity index is 2.78. The first-order valence-corrected chi connectivity index (χ1v) is 8.78. The Morgan fingerprint density at radius 1 is 1.37 bits per heavy atom. The highest BCUT2D eigenvalue weighted by molar-refractivity contribution is 8.20. The van der Waals surface area contributed by atoms with Crippen molar-refractivity contribution in [2.45, 2.75) is 40.5 Å². The Morgan fingerprint density at radius 3 is 2.26 bits per heavy atom. The summed E-state index contributed by atoms with van der Waals surface area (Å²) in [7, 11) is -3.39. The van der Waals surface area contributed by atoms with Gasteiger partial charge in [0, 0.05) is 13.1 Å². The summed E-state index contributed by atoms with van der Waals surface area (Å²) < 4.78 is 26.6. The van der Waals surface area contributed by atoms with Gasteiger partial charge in [0.1, 0.15) is 4.24 Å². The van der Waals surface area contributed by atoms with Crippen LogP contribution in [0, 0.1) is 23.0 Å². The zero-order valence-corrected chi connectivity index (χ0v) is 13.8. The molecule has 0 N–H and O–H groups in total. The van der Waals surface area contributed by atoms with E-state index < -0.39 is 10.0 Å². The van der Waals surface area contributed by atoms with Crippen LogP contribution in [0.5, 0.6) is 0 Å². The van der Waals surface area contributed by atoms with Gasteiger partial charge >= 0.3 is 0 Å². The van der Waals surface area contributed by atoms with Gasteiger partial charge in [0.2, 0.25) is 10.0 Å². The van der Waals surface area contributed by atoms with Gasteiger partial charge in [-0.1, -0.05) is 26.8 Å². The lowest BCUT2D eigenvalue weighted by molar-refractivity contribution is 0.154. The molecule has 0 aromatic heterocycles. The minimum absolute atomic E-state index is 0.243. The molecule has 19 heavy (non-hydrogen) atoms. The molecule has 3 nitrogen and oxygen atoms in total. The van der Waals surface area contributed by atoms with Crippen molar-refractivity contribution in [3.8, 4) is 11.7 Å². The van der Waals surface area contributed by atoms with Crippen LogP contribution in [0.15, 0.2) is 10.3 Å². The Morgan fingerprint density at radius 2 is 1.89 bits per heavy atom. The predicted octanol–water partition coefficient (Wildman–Crippen LogP) is 3.26. The van der Waals surface area contributed by atoms with E-state index in [1.165, 1.54) is 0 Å². The smallest absolute Gasteiger partial charge is 0.206 e. The topological polar surface area (TPSA) is 37.4 Å². The molecule has 0 aliphatic carbocycles. The predicted molar refractivity (Wildman–Crippen MR) is 82.9 cm³/mol. The van der Waals surface area contributed by atoms with Crippen LogP contribution >= 0.6 is 11.8 Å². The van der Waals surface area contributed by atoms with E-state index in [4.69, 9.17) is 6.42 Å². The van der Waals surface area contributed by atoms with Crippen LogP contribution in [0.3, 0.4) is 0 Å². The third-order valence-electron chi connectivity index (χ3n) is 3.67. The van der Waals surface area contributed by atoms with E-state index in [2.05, 4.69) is 26.0 Å². The summed E-state index contributed by atoms with van der Waals surface area (Å²) in [6.07, 6.45) is 8.61. The van der Waals surface area contributed by atoms with Crippen molar-refractivity contribution in [3.05, 3.63) is 10.3 Å². The van der Waals surface area contributed by atoms with Gasteiger partial charge in [-0.05, 0) is 48.1 Å². The lowest BCUT2D eigenvalue weighted by Gasteiger charge is -2.38. The molecule has 1 aliphatic heterocycles. The number of sulfonamides is 1. The van der Waals surface area contributed by atoms with Crippen molar-refractivity contribution in [3.63, 3.8) is 0 Å². The fraction of sp³-hybridized carbons (Fsp3) is 0.714. The van der Waals surface area contributed by atoms with E-state index in [1.807, 2.05) is 0 Å². The summed E-state index contributed by atoms with van der Waals surface area (Å²) >= 11 is 0.943. The molecule has 0 radical (unpaired) electrons. The molecule has 0 aromatic rings. The maximum atomic E-state index is 12.4. The van der Waals surface area contributed by atoms with Crippen molar-refractivity contribution in [1.29, 1.82) is 0 Å². The standard InChI is InChI=1S/C14H23NO2S2/c1-6-13(18-7-2)19(16,17)15-10-8-12(9-11-15)14(3,4)5/h2,6,12H,8-11H2,1,3-5H3/b13-6+. The normalized spacial score (nSPS) is 20.3. The van der Waals surface area contributed by atoms with Gasteiger partial charge in [0.25, 0.3) is 0 Å². The van der Waals surface area contributed by atoms with Gasteiger partial charge in [-0.2, -0.15) is 4.31 Å². The number of thioether (sulfide) groups is 1. The number of piperidine rings is 1. The molecule has 1 saturated heterocycles. The van der Waals surface area contributed by atoms with Crippen LogP contribution in [-0.2, 0) is 10.0 Å². The van der Waals surface area contributed by atoms with E-state index in [1.54, 1.807) is 17.3 Å². The van der Waals surface area contributed by atoms with E-state index in [0.717, 1.165) is 24.6 Å². The first-order valence-electron chi connectivity index (χ1n) is 6.52. The number of terminal acetylenes is 1. The van der Waals surface area contributed by atoms with E-state index in [-0.39, 0.29) is 9.65 Å². The second kappa shape index (κ2) is 6.34. The van der Waals surface area contributed by atoms with Gasteiger partial charge < -0.3 is 0 Å². The molecule has 1 heterocycles. The number of allylic oxidation sites excluding steroid dienone is 1. The lowest BCUT2D eigenvalue weighted by atomic mass is 9.76. The van der Waals surface area contributed by atoms with Crippen LogP contribution < -0.4 is 0 Å². The van der Waals surface area contributed by atoms with Crippen LogP contribution in [0.2, 0.25) is 0 Å². The van der Waals surface area contributed by atoms with E-state index >= 15 is 0 Å². The third-order valence-corrected chi connectivity index (χ3v) is 6.89. The molecular formula is C14H23NO2S2. The quantitative estimate of drug-likeness (QED) is 0.751. The second-order valence-corrected chi connectivity index (χ2v) is 8.92. The molecule has 1 aliphatic rings. The average Bonchev–Trinajstić information content (AvgIpc) is 2.34. The molecule has 0 atom stereocenters. The first kappa shape index (κ1) is 16.6. The molecule has 0 unspecified atom stereocenters. The summed E-state index contributed by atoms with van der Waals surface area (Å²) in [6.45, 7) is 9.53. The molecular weight excluding hydrogens is 278 g/mol. The summed E-state index contributed by atoms with van der Waals surface area (Å²) in [5, 5.41) is 2.34. The molecule has 108 valence electrons. The van der Waals surface area contributed by atoms with E-state index in [9.17, 15) is 8.42 Å². The highest BCUT2D eigenvalue weighted by Gasteiger charge is 2.34. The van der Waals surface area contributed by atoms with Gasteiger partial charge in [-0.3, -0.25) is 0 Å². The van der Waals surface area contributed by atoms with Crippen molar-refractivity contribution in [1.82, 2.24) is 4.31 Å². The monoisotopic (exact) mass is 301 g/mol. The molecule has 0 bridgehead atoms. The van der Waals surface area contributed by atoms with E-state index in [0.29, 0.717) is 19.0 Å². The maximum absolute atomic E-state index is 12.4. The summed E-state index contributed by atoms with van der Waals surface area (Å²) in [4.78, 5) is 0. The fourth-order valence-electron chi connectivity index (χ4n) is 2.41.